The maximum absolute atomic E-state index is 13.3. The van der Waals surface area contributed by atoms with Gasteiger partial charge in [0.1, 0.15) is 5.82 Å². The Bertz CT molecular complexity index is 424. The maximum Gasteiger partial charge on any atom is 0.416 e. The second-order valence-corrected chi connectivity index (χ2v) is 4.05. The molecule has 96 valence electrons. The van der Waals surface area contributed by atoms with Gasteiger partial charge < -0.3 is 10.8 Å². The Kier molecular flexibility index (Phi) is 4.24. The summed E-state index contributed by atoms with van der Waals surface area (Å²) < 4.78 is 50.0. The first kappa shape index (κ1) is 14.5. The van der Waals surface area contributed by atoms with Gasteiger partial charge in [0.15, 0.2) is 6.10 Å². The van der Waals surface area contributed by atoms with Crippen molar-refractivity contribution in [3.05, 3.63) is 33.6 Å². The summed E-state index contributed by atoms with van der Waals surface area (Å²) in [7, 11) is 0. The molecule has 0 aliphatic heterocycles. The van der Waals surface area contributed by atoms with Crippen LogP contribution in [-0.2, 0) is 0 Å². The van der Waals surface area contributed by atoms with E-state index in [1.807, 2.05) is 0 Å². The molecular weight excluding hydrogens is 285 g/mol. The van der Waals surface area contributed by atoms with Crippen molar-refractivity contribution in [3.63, 3.8) is 0 Å². The zero-order chi connectivity index (χ0) is 13.4. The molecule has 0 fully saturated rings. The highest BCUT2D eigenvalue weighted by Gasteiger charge is 2.44. The summed E-state index contributed by atoms with van der Waals surface area (Å²) in [5, 5.41) is 8.34. The summed E-state index contributed by atoms with van der Waals surface area (Å²) in [6.07, 6.45) is -7.90. The lowest BCUT2D eigenvalue weighted by Gasteiger charge is -2.23. The molecule has 1 rings (SSSR count). The second-order valence-electron chi connectivity index (χ2n) is 3.27. The van der Waals surface area contributed by atoms with Crippen molar-refractivity contribution in [2.24, 2.45) is 5.73 Å². The molecule has 2 nitrogen and oxygen atoms in total. The van der Waals surface area contributed by atoms with Crippen LogP contribution < -0.4 is 5.73 Å². The first-order chi connectivity index (χ1) is 7.66. The summed E-state index contributed by atoms with van der Waals surface area (Å²) in [4.78, 5) is 0. The quantitative estimate of drug-likeness (QED) is 0.650. The molecule has 17 heavy (non-hydrogen) atoms. The highest BCUT2D eigenvalue weighted by molar-refractivity contribution is 6.42. The number of benzene rings is 1. The lowest BCUT2D eigenvalue weighted by Crippen LogP contribution is -2.39. The molecule has 0 heterocycles. The van der Waals surface area contributed by atoms with Crippen molar-refractivity contribution in [3.8, 4) is 0 Å². The number of aliphatic hydroxyl groups is 1. The van der Waals surface area contributed by atoms with Crippen LogP contribution in [0.25, 0.3) is 0 Å². The van der Waals surface area contributed by atoms with Gasteiger partial charge in [0, 0.05) is 5.56 Å². The lowest BCUT2D eigenvalue weighted by atomic mass is 10.0. The van der Waals surface area contributed by atoms with Crippen LogP contribution in [0, 0.1) is 5.82 Å². The Morgan fingerprint density at radius 3 is 2.24 bits per heavy atom. The van der Waals surface area contributed by atoms with E-state index in [-0.39, 0.29) is 5.02 Å². The largest absolute Gasteiger partial charge is 0.416 e. The summed E-state index contributed by atoms with van der Waals surface area (Å²) in [6.45, 7) is 0. The second kappa shape index (κ2) is 4.97. The van der Waals surface area contributed by atoms with Crippen molar-refractivity contribution in [2.45, 2.75) is 18.3 Å². The van der Waals surface area contributed by atoms with E-state index in [9.17, 15) is 17.6 Å². The van der Waals surface area contributed by atoms with Crippen molar-refractivity contribution in [1.29, 1.82) is 0 Å². The number of alkyl halides is 3. The predicted molar refractivity (Wildman–Crippen MR) is 55.4 cm³/mol. The molecule has 8 heteroatoms. The number of hydrogen-bond acceptors (Lipinski definition) is 2. The molecule has 0 amide bonds. The number of nitrogens with two attached hydrogens (primary N) is 1. The lowest BCUT2D eigenvalue weighted by molar-refractivity contribution is -0.210. The van der Waals surface area contributed by atoms with Crippen LogP contribution in [0.2, 0.25) is 10.0 Å². The minimum atomic E-state index is -4.97. The predicted octanol–water partition coefficient (Wildman–Crippen LogP) is 3.06. The van der Waals surface area contributed by atoms with E-state index in [1.54, 1.807) is 0 Å². The third-order valence-corrected chi connectivity index (χ3v) is 2.91. The maximum atomic E-state index is 13.3. The van der Waals surface area contributed by atoms with Gasteiger partial charge in [-0.1, -0.05) is 23.2 Å². The van der Waals surface area contributed by atoms with Gasteiger partial charge in [-0.25, -0.2) is 4.39 Å². The zero-order valence-electron chi connectivity index (χ0n) is 8.10. The molecule has 0 saturated heterocycles. The van der Waals surface area contributed by atoms with Crippen LogP contribution in [0.4, 0.5) is 17.6 Å². The topological polar surface area (TPSA) is 46.2 Å². The van der Waals surface area contributed by atoms with Gasteiger partial charge in [-0.15, -0.1) is 0 Å². The molecule has 0 aliphatic rings. The molecule has 0 bridgehead atoms. The Morgan fingerprint density at radius 2 is 1.76 bits per heavy atom. The van der Waals surface area contributed by atoms with E-state index < -0.39 is 34.7 Å². The Balaban J connectivity index is 3.21. The van der Waals surface area contributed by atoms with Crippen molar-refractivity contribution < 1.29 is 22.7 Å². The smallest absolute Gasteiger partial charge is 0.382 e. The highest BCUT2D eigenvalue weighted by Crippen LogP contribution is 2.36. The first-order valence-corrected chi connectivity index (χ1v) is 5.05. The average Bonchev–Trinajstić information content (AvgIpc) is 2.21. The molecule has 0 aromatic heterocycles. The van der Waals surface area contributed by atoms with E-state index in [2.05, 4.69) is 0 Å². The molecule has 1 aromatic rings. The van der Waals surface area contributed by atoms with E-state index in [0.29, 0.717) is 0 Å². The molecule has 0 unspecified atom stereocenters. The third kappa shape index (κ3) is 3.01. The van der Waals surface area contributed by atoms with Gasteiger partial charge in [-0.05, 0) is 12.1 Å². The van der Waals surface area contributed by atoms with Crippen LogP contribution in [0.1, 0.15) is 11.6 Å². The van der Waals surface area contributed by atoms with Crippen molar-refractivity contribution >= 4 is 23.2 Å². The number of hydrogen-bond donors (Lipinski definition) is 2. The highest BCUT2D eigenvalue weighted by atomic mass is 35.5. The zero-order valence-corrected chi connectivity index (χ0v) is 9.61. The third-order valence-electron chi connectivity index (χ3n) is 2.09. The Labute approximate surface area is 104 Å². The van der Waals surface area contributed by atoms with Gasteiger partial charge >= 0.3 is 6.18 Å². The standard InChI is InChI=1S/C9H7Cl2F4NO/c10-3-1-2-4(12)5(6(3)11)7(16)8(17)9(13,14)15/h1-2,7-8,17H,16H2/t7-,8-/m1/s1. The minimum absolute atomic E-state index is 0.145. The summed E-state index contributed by atoms with van der Waals surface area (Å²) >= 11 is 11.1. The van der Waals surface area contributed by atoms with E-state index in [4.69, 9.17) is 34.0 Å². The normalized spacial score (nSPS) is 15.8. The van der Waals surface area contributed by atoms with Crippen molar-refractivity contribution in [1.82, 2.24) is 0 Å². The van der Waals surface area contributed by atoms with Gasteiger partial charge in [-0.3, -0.25) is 0 Å². The van der Waals surface area contributed by atoms with Crippen LogP contribution >= 0.6 is 23.2 Å². The number of aliphatic hydroxyl groups excluding tert-OH is 1. The van der Waals surface area contributed by atoms with Gasteiger partial charge in [0.25, 0.3) is 0 Å². The molecular formula is C9H7Cl2F4NO. The Hall–Kier alpha value is -0.560. The average molecular weight is 292 g/mol. The SMILES string of the molecule is N[C@H](c1c(F)ccc(Cl)c1Cl)[C@@H](O)C(F)(F)F. The van der Waals surface area contributed by atoms with Crippen LogP contribution in [-0.4, -0.2) is 17.4 Å². The van der Waals surface area contributed by atoms with Crippen LogP contribution in [0.3, 0.4) is 0 Å². The molecule has 1 aromatic carbocycles. The molecule has 0 aliphatic carbocycles. The Morgan fingerprint density at radius 1 is 1.24 bits per heavy atom. The number of rotatable bonds is 2. The van der Waals surface area contributed by atoms with E-state index >= 15 is 0 Å². The molecule has 0 saturated carbocycles. The van der Waals surface area contributed by atoms with Crippen LogP contribution in [0.15, 0.2) is 12.1 Å². The molecule has 0 spiro atoms. The van der Waals surface area contributed by atoms with Crippen LogP contribution in [0.5, 0.6) is 0 Å². The monoisotopic (exact) mass is 291 g/mol. The van der Waals surface area contributed by atoms with E-state index in [0.717, 1.165) is 12.1 Å². The molecule has 2 atom stereocenters. The number of halogens is 6. The summed E-state index contributed by atoms with van der Waals surface area (Å²) in [5.74, 6) is -1.06. The fraction of sp³-hybridized carbons (Fsp3) is 0.333. The fourth-order valence-electron chi connectivity index (χ4n) is 1.21. The summed E-state index contributed by atoms with van der Waals surface area (Å²) in [5.41, 5.74) is 4.48. The molecule has 0 radical (unpaired) electrons. The van der Waals surface area contributed by atoms with Gasteiger partial charge in [0.2, 0.25) is 0 Å². The minimum Gasteiger partial charge on any atom is -0.382 e. The summed E-state index contributed by atoms with van der Waals surface area (Å²) in [6, 6.07) is -0.136. The van der Waals surface area contributed by atoms with Gasteiger partial charge in [-0.2, -0.15) is 13.2 Å². The van der Waals surface area contributed by atoms with E-state index in [1.165, 1.54) is 0 Å². The fourth-order valence-corrected chi connectivity index (χ4v) is 1.65. The van der Waals surface area contributed by atoms with Gasteiger partial charge in [0.05, 0.1) is 16.1 Å². The first-order valence-electron chi connectivity index (χ1n) is 4.30. The molecule has 3 N–H and O–H groups in total. The van der Waals surface area contributed by atoms with Crippen molar-refractivity contribution in [2.75, 3.05) is 0 Å².